The van der Waals surface area contributed by atoms with E-state index >= 15 is 0 Å². The van der Waals surface area contributed by atoms with Gasteiger partial charge in [0.25, 0.3) is 0 Å². The molecule has 0 fully saturated rings. The lowest BCUT2D eigenvalue weighted by molar-refractivity contribution is 1.05. The van der Waals surface area contributed by atoms with Crippen molar-refractivity contribution in [3.05, 3.63) is 54.5 Å². The minimum absolute atomic E-state index is 1.05. The molecule has 2 heteroatoms. The van der Waals surface area contributed by atoms with Crippen LogP contribution in [0.4, 0.5) is 0 Å². The maximum atomic E-state index is 4.39. The highest BCUT2D eigenvalue weighted by Crippen LogP contribution is 2.25. The van der Waals surface area contributed by atoms with Gasteiger partial charge in [0.05, 0.1) is 0 Å². The summed E-state index contributed by atoms with van der Waals surface area (Å²) in [7, 11) is 0. The van der Waals surface area contributed by atoms with Crippen LogP contribution < -0.4 is 0 Å². The fourth-order valence-corrected chi connectivity index (χ4v) is 2.03. The number of pyridine rings is 1. The average molecular weight is 196 g/mol. The first-order valence-electron chi connectivity index (χ1n) is 5.23. The molecule has 0 atom stereocenters. The Hall–Kier alpha value is -1.83. The molecule has 2 aromatic heterocycles. The van der Waals surface area contributed by atoms with Crippen LogP contribution in [0.25, 0.3) is 11.2 Å². The molecule has 2 nitrogen and oxygen atoms in total. The molecule has 0 bridgehead atoms. The maximum absolute atomic E-state index is 4.39. The van der Waals surface area contributed by atoms with Gasteiger partial charge in [0.1, 0.15) is 5.65 Å². The summed E-state index contributed by atoms with van der Waals surface area (Å²) in [4.78, 5) is 4.39. The van der Waals surface area contributed by atoms with Crippen molar-refractivity contribution in [2.45, 2.75) is 12.8 Å². The van der Waals surface area contributed by atoms with Gasteiger partial charge in [-0.05, 0) is 30.5 Å². The highest BCUT2D eigenvalue weighted by atomic mass is 15.0. The molecule has 0 amide bonds. The summed E-state index contributed by atoms with van der Waals surface area (Å²) >= 11 is 0. The predicted molar refractivity (Wildman–Crippen MR) is 61.5 cm³/mol. The topological polar surface area (TPSA) is 17.3 Å². The van der Waals surface area contributed by atoms with Crippen molar-refractivity contribution < 1.29 is 0 Å². The number of fused-ring (bicyclic) bond motifs is 1. The van der Waals surface area contributed by atoms with Crippen molar-refractivity contribution in [1.82, 2.24) is 9.38 Å². The third-order valence-electron chi connectivity index (χ3n) is 2.78. The monoisotopic (exact) mass is 196 g/mol. The summed E-state index contributed by atoms with van der Waals surface area (Å²) in [6.07, 6.45) is 14.6. The number of rotatable bonds is 1. The van der Waals surface area contributed by atoms with Gasteiger partial charge in [0, 0.05) is 24.2 Å². The Morgan fingerprint density at radius 3 is 3.13 bits per heavy atom. The van der Waals surface area contributed by atoms with E-state index < -0.39 is 0 Å². The van der Waals surface area contributed by atoms with E-state index in [9.17, 15) is 0 Å². The lowest BCUT2D eigenvalue weighted by Crippen LogP contribution is -1.93. The van der Waals surface area contributed by atoms with E-state index in [1.165, 1.54) is 11.1 Å². The quantitative estimate of drug-likeness (QED) is 0.685. The summed E-state index contributed by atoms with van der Waals surface area (Å²) in [5, 5.41) is 0. The zero-order chi connectivity index (χ0) is 10.1. The van der Waals surface area contributed by atoms with E-state index in [0.717, 1.165) is 18.5 Å². The minimum Gasteiger partial charge on any atom is -0.307 e. The summed E-state index contributed by atoms with van der Waals surface area (Å²) in [6, 6.07) is 4.22. The number of imidazole rings is 1. The van der Waals surface area contributed by atoms with Crippen LogP contribution in [0.3, 0.4) is 0 Å². The predicted octanol–water partition coefficient (Wildman–Crippen LogP) is 3.07. The summed E-state index contributed by atoms with van der Waals surface area (Å²) in [6.45, 7) is 0. The molecule has 74 valence electrons. The van der Waals surface area contributed by atoms with E-state index in [-0.39, 0.29) is 0 Å². The van der Waals surface area contributed by atoms with Gasteiger partial charge in [-0.25, -0.2) is 4.98 Å². The summed E-state index contributed by atoms with van der Waals surface area (Å²) in [5.74, 6) is 0. The molecule has 1 aliphatic rings. The molecule has 1 aliphatic carbocycles. The Kier molecular flexibility index (Phi) is 1.91. The Balaban J connectivity index is 2.21. The van der Waals surface area contributed by atoms with Crippen LogP contribution in [-0.4, -0.2) is 9.38 Å². The van der Waals surface area contributed by atoms with Crippen molar-refractivity contribution >= 4 is 11.2 Å². The molecule has 2 aromatic rings. The number of aromatic nitrogens is 2. The van der Waals surface area contributed by atoms with Gasteiger partial charge in [0.15, 0.2) is 0 Å². The fourth-order valence-electron chi connectivity index (χ4n) is 2.03. The Bertz CT molecular complexity index is 546. The molecule has 3 rings (SSSR count). The Morgan fingerprint density at radius 1 is 1.27 bits per heavy atom. The van der Waals surface area contributed by atoms with Gasteiger partial charge in [-0.1, -0.05) is 18.2 Å². The molecule has 0 saturated heterocycles. The second-order valence-electron chi connectivity index (χ2n) is 3.74. The smallest absolute Gasteiger partial charge is 0.144 e. The van der Waals surface area contributed by atoms with Crippen LogP contribution in [0.2, 0.25) is 0 Å². The van der Waals surface area contributed by atoms with Crippen LogP contribution in [0.5, 0.6) is 0 Å². The molecular weight excluding hydrogens is 184 g/mol. The zero-order valence-corrected chi connectivity index (χ0v) is 8.43. The Morgan fingerprint density at radius 2 is 2.27 bits per heavy atom. The third kappa shape index (κ3) is 1.38. The standard InChI is InChI=1S/C13H12N2/c1-2-5-11(6-3-1)12-7-4-9-15-10-8-14-13(12)15/h1-2,4-5,7-10H,3,6H2. The highest BCUT2D eigenvalue weighted by molar-refractivity contribution is 5.77. The van der Waals surface area contributed by atoms with Gasteiger partial charge < -0.3 is 4.40 Å². The molecule has 0 radical (unpaired) electrons. The lowest BCUT2D eigenvalue weighted by atomic mass is 9.98. The summed E-state index contributed by atoms with van der Waals surface area (Å²) < 4.78 is 2.06. The van der Waals surface area contributed by atoms with Crippen LogP contribution in [0.15, 0.2) is 49.0 Å². The van der Waals surface area contributed by atoms with E-state index in [4.69, 9.17) is 0 Å². The van der Waals surface area contributed by atoms with Crippen LogP contribution in [-0.2, 0) is 0 Å². The first kappa shape index (κ1) is 8.48. The van der Waals surface area contributed by atoms with Crippen LogP contribution in [0.1, 0.15) is 18.4 Å². The van der Waals surface area contributed by atoms with Crippen molar-refractivity contribution in [1.29, 1.82) is 0 Å². The van der Waals surface area contributed by atoms with E-state index in [1.54, 1.807) is 0 Å². The van der Waals surface area contributed by atoms with Crippen molar-refractivity contribution in [2.75, 3.05) is 0 Å². The van der Waals surface area contributed by atoms with Crippen LogP contribution in [0, 0.1) is 0 Å². The van der Waals surface area contributed by atoms with E-state index in [2.05, 4.69) is 39.7 Å². The van der Waals surface area contributed by atoms with Gasteiger partial charge in [-0.2, -0.15) is 0 Å². The second kappa shape index (κ2) is 3.39. The molecule has 0 aliphatic heterocycles. The van der Waals surface area contributed by atoms with Crippen molar-refractivity contribution in [3.8, 4) is 0 Å². The van der Waals surface area contributed by atoms with Gasteiger partial charge in [0.2, 0.25) is 0 Å². The van der Waals surface area contributed by atoms with E-state index in [0.29, 0.717) is 0 Å². The average Bonchev–Trinajstić information content (AvgIpc) is 2.78. The molecular formula is C13H12N2. The van der Waals surface area contributed by atoms with E-state index in [1.807, 2.05) is 18.6 Å². The molecule has 0 N–H and O–H groups in total. The fraction of sp³-hybridized carbons (Fsp3) is 0.154. The van der Waals surface area contributed by atoms with Crippen molar-refractivity contribution in [3.63, 3.8) is 0 Å². The van der Waals surface area contributed by atoms with Gasteiger partial charge in [-0.3, -0.25) is 0 Å². The number of hydrogen-bond acceptors (Lipinski definition) is 1. The minimum atomic E-state index is 1.05. The third-order valence-corrected chi connectivity index (χ3v) is 2.78. The molecule has 15 heavy (non-hydrogen) atoms. The maximum Gasteiger partial charge on any atom is 0.144 e. The normalized spacial score (nSPS) is 15.6. The summed E-state index contributed by atoms with van der Waals surface area (Å²) in [5.41, 5.74) is 3.69. The van der Waals surface area contributed by atoms with Crippen molar-refractivity contribution in [2.24, 2.45) is 0 Å². The first-order valence-corrected chi connectivity index (χ1v) is 5.23. The van der Waals surface area contributed by atoms with Crippen LogP contribution >= 0.6 is 0 Å². The van der Waals surface area contributed by atoms with Gasteiger partial charge in [-0.15, -0.1) is 0 Å². The largest absolute Gasteiger partial charge is 0.307 e. The molecule has 2 heterocycles. The lowest BCUT2D eigenvalue weighted by Gasteiger charge is -2.09. The Labute approximate surface area is 88.6 Å². The molecule has 0 spiro atoms. The second-order valence-corrected chi connectivity index (χ2v) is 3.74. The molecule has 0 saturated carbocycles. The number of nitrogens with zero attached hydrogens (tertiary/aromatic N) is 2. The number of allylic oxidation sites excluding steroid dienone is 4. The first-order chi connectivity index (χ1) is 7.45. The molecule has 0 aromatic carbocycles. The highest BCUT2D eigenvalue weighted by Gasteiger charge is 2.07. The number of hydrogen-bond donors (Lipinski definition) is 0. The zero-order valence-electron chi connectivity index (χ0n) is 8.43. The SMILES string of the molecule is C1=CCCC(c2cccn3ccnc23)=C1. The molecule has 0 unspecified atom stereocenters. The van der Waals surface area contributed by atoms with Gasteiger partial charge >= 0.3 is 0 Å².